The van der Waals surface area contributed by atoms with Gasteiger partial charge in [-0.3, -0.25) is 5.32 Å². The molecule has 0 aromatic carbocycles. The van der Waals surface area contributed by atoms with Gasteiger partial charge in [-0.05, 0) is 0 Å². The Labute approximate surface area is 73.0 Å². The Bertz CT molecular complexity index is 201. The van der Waals surface area contributed by atoms with Gasteiger partial charge in [-0.25, -0.2) is 0 Å². The van der Waals surface area contributed by atoms with Crippen molar-refractivity contribution in [1.29, 1.82) is 5.26 Å². The zero-order valence-corrected chi connectivity index (χ0v) is 7.34. The second-order valence-corrected chi connectivity index (χ2v) is 3.13. The third kappa shape index (κ3) is 1.66. The van der Waals surface area contributed by atoms with E-state index in [-0.39, 0.29) is 11.6 Å². The lowest BCUT2D eigenvalue weighted by Crippen LogP contribution is -2.57. The Balaban J connectivity index is 2.37. The molecule has 1 saturated carbocycles. The fraction of sp³-hybridized carbons (Fsp3) is 0.667. The quantitative estimate of drug-likeness (QED) is 0.629. The van der Waals surface area contributed by atoms with E-state index in [1.807, 2.05) is 0 Å². The molecular formula is C9H14N2O. The van der Waals surface area contributed by atoms with Gasteiger partial charge in [0.05, 0.1) is 12.2 Å². The Kier molecular flexibility index (Phi) is 2.85. The minimum atomic E-state index is -0.352. The monoisotopic (exact) mass is 166 g/mol. The Hall–Kier alpha value is -0.850. The van der Waals surface area contributed by atoms with E-state index in [1.54, 1.807) is 13.2 Å². The van der Waals surface area contributed by atoms with Crippen LogP contribution in [0.3, 0.4) is 0 Å². The highest BCUT2D eigenvalue weighted by Gasteiger charge is 2.44. The molecule has 0 saturated heterocycles. The number of nitriles is 1. The van der Waals surface area contributed by atoms with Gasteiger partial charge in [0.2, 0.25) is 0 Å². The van der Waals surface area contributed by atoms with E-state index < -0.39 is 0 Å². The van der Waals surface area contributed by atoms with Gasteiger partial charge in [0, 0.05) is 26.5 Å². The zero-order chi connectivity index (χ0) is 9.03. The minimum absolute atomic E-state index is 0.252. The maximum absolute atomic E-state index is 8.87. The van der Waals surface area contributed by atoms with Crippen molar-refractivity contribution in [2.45, 2.75) is 24.5 Å². The smallest absolute Gasteiger partial charge is 0.111 e. The first-order valence-corrected chi connectivity index (χ1v) is 4.06. The molecule has 1 aliphatic carbocycles. The van der Waals surface area contributed by atoms with Crippen molar-refractivity contribution < 1.29 is 4.74 Å². The van der Waals surface area contributed by atoms with Crippen LogP contribution >= 0.6 is 0 Å². The SMILES string of the molecule is C=CCNC1(C#N)CC(OC)C1. The van der Waals surface area contributed by atoms with E-state index in [2.05, 4.69) is 18.0 Å². The first kappa shape index (κ1) is 9.24. The highest BCUT2D eigenvalue weighted by Crippen LogP contribution is 2.33. The van der Waals surface area contributed by atoms with Crippen LogP contribution in [0.4, 0.5) is 0 Å². The van der Waals surface area contributed by atoms with E-state index in [9.17, 15) is 0 Å². The number of hydrogen-bond acceptors (Lipinski definition) is 3. The van der Waals surface area contributed by atoms with Crippen LogP contribution in [0.1, 0.15) is 12.8 Å². The normalized spacial score (nSPS) is 33.5. The van der Waals surface area contributed by atoms with E-state index in [0.717, 1.165) is 12.8 Å². The number of nitrogens with one attached hydrogen (secondary N) is 1. The first-order chi connectivity index (χ1) is 5.76. The molecular weight excluding hydrogens is 152 g/mol. The van der Waals surface area contributed by atoms with Crippen LogP contribution in [0.5, 0.6) is 0 Å². The summed E-state index contributed by atoms with van der Waals surface area (Å²) < 4.78 is 5.11. The van der Waals surface area contributed by atoms with Crippen molar-refractivity contribution in [2.24, 2.45) is 0 Å². The molecule has 1 N–H and O–H groups in total. The molecule has 1 rings (SSSR count). The maximum Gasteiger partial charge on any atom is 0.111 e. The van der Waals surface area contributed by atoms with Crippen molar-refractivity contribution in [3.63, 3.8) is 0 Å². The lowest BCUT2D eigenvalue weighted by atomic mass is 9.75. The van der Waals surface area contributed by atoms with E-state index in [1.165, 1.54) is 0 Å². The molecule has 12 heavy (non-hydrogen) atoms. The van der Waals surface area contributed by atoms with Crippen LogP contribution in [-0.4, -0.2) is 25.3 Å². The van der Waals surface area contributed by atoms with Gasteiger partial charge in [-0.1, -0.05) is 6.08 Å². The molecule has 1 aliphatic rings. The molecule has 0 aromatic rings. The molecule has 0 amide bonds. The lowest BCUT2D eigenvalue weighted by Gasteiger charge is -2.42. The van der Waals surface area contributed by atoms with Crippen molar-refractivity contribution in [3.8, 4) is 6.07 Å². The molecule has 0 heterocycles. The summed E-state index contributed by atoms with van der Waals surface area (Å²) >= 11 is 0. The van der Waals surface area contributed by atoms with Crippen molar-refractivity contribution in [2.75, 3.05) is 13.7 Å². The average Bonchev–Trinajstić information content (AvgIpc) is 2.04. The van der Waals surface area contributed by atoms with Crippen molar-refractivity contribution in [1.82, 2.24) is 5.32 Å². The molecule has 3 nitrogen and oxygen atoms in total. The van der Waals surface area contributed by atoms with Crippen LogP contribution in [0.15, 0.2) is 12.7 Å². The molecule has 1 fully saturated rings. The van der Waals surface area contributed by atoms with Gasteiger partial charge in [-0.15, -0.1) is 6.58 Å². The minimum Gasteiger partial charge on any atom is -0.381 e. The number of rotatable bonds is 4. The third-order valence-corrected chi connectivity index (χ3v) is 2.28. The Morgan fingerprint density at radius 2 is 2.50 bits per heavy atom. The Morgan fingerprint density at radius 3 is 2.92 bits per heavy atom. The number of ether oxygens (including phenoxy) is 1. The molecule has 3 heteroatoms. The van der Waals surface area contributed by atoms with E-state index in [0.29, 0.717) is 6.54 Å². The van der Waals surface area contributed by atoms with Crippen LogP contribution in [0.25, 0.3) is 0 Å². The average molecular weight is 166 g/mol. The topological polar surface area (TPSA) is 45.0 Å². The van der Waals surface area contributed by atoms with Crippen LogP contribution < -0.4 is 5.32 Å². The summed E-state index contributed by atoms with van der Waals surface area (Å²) in [4.78, 5) is 0. The molecule has 0 unspecified atom stereocenters. The summed E-state index contributed by atoms with van der Waals surface area (Å²) in [7, 11) is 1.68. The van der Waals surface area contributed by atoms with Gasteiger partial charge in [-0.2, -0.15) is 5.26 Å². The summed E-state index contributed by atoms with van der Waals surface area (Å²) in [6, 6.07) is 2.28. The Morgan fingerprint density at radius 1 is 1.83 bits per heavy atom. The second kappa shape index (κ2) is 3.70. The number of hydrogen-bond donors (Lipinski definition) is 1. The molecule has 66 valence electrons. The first-order valence-electron chi connectivity index (χ1n) is 4.06. The standard InChI is InChI=1S/C9H14N2O/c1-3-4-11-9(7-10)5-8(6-9)12-2/h3,8,11H,1,4-6H2,2H3. The van der Waals surface area contributed by atoms with Crippen molar-refractivity contribution in [3.05, 3.63) is 12.7 Å². The molecule has 0 aromatic heterocycles. The highest BCUT2D eigenvalue weighted by molar-refractivity contribution is 5.16. The van der Waals surface area contributed by atoms with Gasteiger partial charge in [0.25, 0.3) is 0 Å². The summed E-state index contributed by atoms with van der Waals surface area (Å²) in [6.45, 7) is 4.28. The van der Waals surface area contributed by atoms with Crippen LogP contribution in [-0.2, 0) is 4.74 Å². The predicted octanol–water partition coefficient (Wildman–Crippen LogP) is 0.833. The molecule has 0 spiro atoms. The number of methoxy groups -OCH3 is 1. The largest absolute Gasteiger partial charge is 0.381 e. The van der Waals surface area contributed by atoms with Gasteiger partial charge < -0.3 is 4.74 Å². The van der Waals surface area contributed by atoms with Crippen LogP contribution in [0.2, 0.25) is 0 Å². The predicted molar refractivity (Wildman–Crippen MR) is 46.6 cm³/mol. The van der Waals surface area contributed by atoms with Crippen molar-refractivity contribution >= 4 is 0 Å². The number of nitrogens with zero attached hydrogens (tertiary/aromatic N) is 1. The third-order valence-electron chi connectivity index (χ3n) is 2.28. The lowest BCUT2D eigenvalue weighted by molar-refractivity contribution is -0.00631. The molecule has 0 atom stereocenters. The molecule has 0 bridgehead atoms. The van der Waals surface area contributed by atoms with Gasteiger partial charge in [0.15, 0.2) is 0 Å². The van der Waals surface area contributed by atoms with E-state index >= 15 is 0 Å². The molecule has 0 radical (unpaired) electrons. The fourth-order valence-electron chi connectivity index (χ4n) is 1.43. The summed E-state index contributed by atoms with van der Waals surface area (Å²) in [6.07, 6.45) is 3.59. The van der Waals surface area contributed by atoms with Gasteiger partial charge in [0.1, 0.15) is 5.54 Å². The van der Waals surface area contributed by atoms with Gasteiger partial charge >= 0.3 is 0 Å². The molecule has 0 aliphatic heterocycles. The fourth-order valence-corrected chi connectivity index (χ4v) is 1.43. The summed E-state index contributed by atoms with van der Waals surface area (Å²) in [5.41, 5.74) is -0.352. The maximum atomic E-state index is 8.87. The second-order valence-electron chi connectivity index (χ2n) is 3.13. The summed E-state index contributed by atoms with van der Waals surface area (Å²) in [5, 5.41) is 12.0. The highest BCUT2D eigenvalue weighted by atomic mass is 16.5. The summed E-state index contributed by atoms with van der Waals surface area (Å²) in [5.74, 6) is 0. The van der Waals surface area contributed by atoms with Crippen LogP contribution in [0, 0.1) is 11.3 Å². The zero-order valence-electron chi connectivity index (χ0n) is 7.34. The van der Waals surface area contributed by atoms with E-state index in [4.69, 9.17) is 10.00 Å².